The lowest BCUT2D eigenvalue weighted by atomic mass is 10.2. The molecular formula is C19H14F4N4O. The highest BCUT2D eigenvalue weighted by atomic mass is 19.3. The number of carbonyl (C=O) groups excluding carboxylic acids is 1. The van der Waals surface area contributed by atoms with E-state index in [4.69, 9.17) is 0 Å². The Morgan fingerprint density at radius 1 is 1.18 bits per heavy atom. The number of benzene rings is 1. The molecule has 3 aromatic rings. The summed E-state index contributed by atoms with van der Waals surface area (Å²) in [6, 6.07) is 7.19. The molecule has 2 aromatic heterocycles. The Hall–Kier alpha value is -3.49. The largest absolute Gasteiger partial charge is 0.322 e. The van der Waals surface area contributed by atoms with Crippen molar-refractivity contribution in [3.63, 3.8) is 0 Å². The maximum Gasteiger partial charge on any atom is 0.309 e. The third kappa shape index (κ3) is 3.64. The summed E-state index contributed by atoms with van der Waals surface area (Å²) >= 11 is 0. The predicted octanol–water partition coefficient (Wildman–Crippen LogP) is 4.38. The highest BCUT2D eigenvalue weighted by molar-refractivity contribution is 6.04. The van der Waals surface area contributed by atoms with Crippen LogP contribution < -0.4 is 5.32 Å². The van der Waals surface area contributed by atoms with E-state index in [0.717, 1.165) is 12.4 Å². The molecular weight excluding hydrogens is 376 g/mol. The van der Waals surface area contributed by atoms with Crippen LogP contribution in [0.2, 0.25) is 0 Å². The molecule has 0 radical (unpaired) electrons. The number of carbonyl (C=O) groups is 1. The van der Waals surface area contributed by atoms with Crippen molar-refractivity contribution in [2.45, 2.75) is 12.8 Å². The van der Waals surface area contributed by atoms with Gasteiger partial charge in [-0.1, -0.05) is 6.58 Å². The van der Waals surface area contributed by atoms with Crippen molar-refractivity contribution >= 4 is 11.6 Å². The molecule has 0 bridgehead atoms. The Morgan fingerprint density at radius 2 is 1.79 bits per heavy atom. The fourth-order valence-electron chi connectivity index (χ4n) is 2.51. The molecule has 9 heteroatoms. The van der Waals surface area contributed by atoms with Gasteiger partial charge in [-0.15, -0.1) is 0 Å². The van der Waals surface area contributed by atoms with Crippen molar-refractivity contribution in [1.29, 1.82) is 0 Å². The number of pyridine rings is 1. The SMILES string of the molecule is C=CC(F)(F)c1cc(C)n(-c2ccc(NC(=O)c3c(F)cncc3F)cc2)n1. The number of amides is 1. The topological polar surface area (TPSA) is 59.8 Å². The first kappa shape index (κ1) is 19.3. The fourth-order valence-corrected chi connectivity index (χ4v) is 2.51. The van der Waals surface area contributed by atoms with Crippen LogP contribution in [0.25, 0.3) is 5.69 Å². The highest BCUT2D eigenvalue weighted by Crippen LogP contribution is 2.29. The van der Waals surface area contributed by atoms with Gasteiger partial charge in [-0.05, 0) is 43.3 Å². The molecule has 0 aliphatic rings. The van der Waals surface area contributed by atoms with Crippen LogP contribution in [0.15, 0.2) is 55.4 Å². The zero-order valence-electron chi connectivity index (χ0n) is 14.6. The molecule has 1 aromatic carbocycles. The second-order valence-electron chi connectivity index (χ2n) is 5.89. The number of nitrogens with one attached hydrogen (secondary N) is 1. The Morgan fingerprint density at radius 3 is 2.36 bits per heavy atom. The van der Waals surface area contributed by atoms with E-state index in [9.17, 15) is 22.4 Å². The van der Waals surface area contributed by atoms with E-state index >= 15 is 0 Å². The summed E-state index contributed by atoms with van der Waals surface area (Å²) < 4.78 is 56.0. The van der Waals surface area contributed by atoms with Gasteiger partial charge in [0, 0.05) is 11.4 Å². The molecule has 1 amide bonds. The maximum absolute atomic E-state index is 13.7. The summed E-state index contributed by atoms with van der Waals surface area (Å²) in [7, 11) is 0. The van der Waals surface area contributed by atoms with Crippen LogP contribution in [0.1, 0.15) is 21.7 Å². The minimum Gasteiger partial charge on any atom is -0.322 e. The van der Waals surface area contributed by atoms with Gasteiger partial charge in [0.15, 0.2) is 11.6 Å². The number of halogens is 4. The summed E-state index contributed by atoms with van der Waals surface area (Å²) in [4.78, 5) is 15.4. The zero-order valence-corrected chi connectivity index (χ0v) is 14.6. The molecule has 2 heterocycles. The Bertz CT molecular complexity index is 1020. The van der Waals surface area contributed by atoms with Gasteiger partial charge in [0.25, 0.3) is 5.91 Å². The van der Waals surface area contributed by atoms with Crippen LogP contribution in [0.3, 0.4) is 0 Å². The number of allylic oxidation sites excluding steroid dienone is 1. The zero-order chi connectivity index (χ0) is 20.5. The number of aryl methyl sites for hydroxylation is 1. The van der Waals surface area contributed by atoms with Crippen LogP contribution >= 0.6 is 0 Å². The maximum atomic E-state index is 13.7. The molecule has 0 saturated heterocycles. The smallest absolute Gasteiger partial charge is 0.309 e. The predicted molar refractivity (Wildman–Crippen MR) is 94.5 cm³/mol. The van der Waals surface area contributed by atoms with E-state index in [-0.39, 0.29) is 5.69 Å². The molecule has 0 aliphatic heterocycles. The van der Waals surface area contributed by atoms with E-state index in [1.54, 1.807) is 6.92 Å². The highest BCUT2D eigenvalue weighted by Gasteiger charge is 2.31. The molecule has 0 aliphatic carbocycles. The molecule has 0 saturated carbocycles. The quantitative estimate of drug-likeness (QED) is 0.519. The summed E-state index contributed by atoms with van der Waals surface area (Å²) in [5, 5.41) is 6.25. The van der Waals surface area contributed by atoms with E-state index in [2.05, 4.69) is 22.0 Å². The molecule has 0 unspecified atom stereocenters. The minimum atomic E-state index is -3.26. The van der Waals surface area contributed by atoms with Crippen LogP contribution in [0, 0.1) is 18.6 Å². The number of rotatable bonds is 5. The van der Waals surface area contributed by atoms with Crippen molar-refractivity contribution in [3.05, 3.63) is 84.0 Å². The van der Waals surface area contributed by atoms with E-state index in [1.807, 2.05) is 0 Å². The Balaban J connectivity index is 1.83. The van der Waals surface area contributed by atoms with Crippen molar-refractivity contribution < 1.29 is 22.4 Å². The summed E-state index contributed by atoms with van der Waals surface area (Å²) in [5.41, 5.74) is -0.0118. The van der Waals surface area contributed by atoms with Gasteiger partial charge in [-0.25, -0.2) is 13.5 Å². The number of hydrogen-bond acceptors (Lipinski definition) is 3. The lowest BCUT2D eigenvalue weighted by molar-refractivity contribution is 0.0472. The third-order valence-corrected chi connectivity index (χ3v) is 3.94. The molecule has 3 rings (SSSR count). The molecule has 144 valence electrons. The van der Waals surface area contributed by atoms with E-state index in [1.165, 1.54) is 35.0 Å². The van der Waals surface area contributed by atoms with Gasteiger partial charge >= 0.3 is 5.92 Å². The van der Waals surface area contributed by atoms with Gasteiger partial charge < -0.3 is 5.32 Å². The lowest BCUT2D eigenvalue weighted by Gasteiger charge is -2.09. The number of aromatic nitrogens is 3. The first-order valence-corrected chi connectivity index (χ1v) is 8.02. The number of hydrogen-bond donors (Lipinski definition) is 1. The Kier molecular flexibility index (Phi) is 5.00. The average Bonchev–Trinajstić information content (AvgIpc) is 3.05. The molecule has 5 nitrogen and oxygen atoms in total. The average molecular weight is 390 g/mol. The third-order valence-electron chi connectivity index (χ3n) is 3.94. The second kappa shape index (κ2) is 7.26. The van der Waals surface area contributed by atoms with Crippen molar-refractivity contribution in [1.82, 2.24) is 14.8 Å². The van der Waals surface area contributed by atoms with Crippen LogP contribution in [-0.2, 0) is 5.92 Å². The van der Waals surface area contributed by atoms with Crippen molar-refractivity contribution in [2.24, 2.45) is 0 Å². The van der Waals surface area contributed by atoms with Crippen LogP contribution in [0.4, 0.5) is 23.2 Å². The Labute approximate surface area is 157 Å². The molecule has 0 atom stereocenters. The fraction of sp³-hybridized carbons (Fsp3) is 0.105. The molecule has 28 heavy (non-hydrogen) atoms. The molecule has 0 spiro atoms. The summed E-state index contributed by atoms with van der Waals surface area (Å²) in [5.74, 6) is -6.41. The van der Waals surface area contributed by atoms with Gasteiger partial charge in [-0.2, -0.15) is 13.9 Å². The van der Waals surface area contributed by atoms with E-state index < -0.39 is 34.7 Å². The standard InChI is InChI=1S/C19H14F4N4O/c1-3-19(22,23)16-8-11(2)27(26-16)13-6-4-12(5-7-13)25-18(28)17-14(20)9-24-10-15(17)21/h3-10H,1H2,2H3,(H,25,28). The molecule has 0 fully saturated rings. The number of nitrogens with zero attached hydrogens (tertiary/aromatic N) is 3. The van der Waals surface area contributed by atoms with Gasteiger partial charge in [0.05, 0.1) is 18.1 Å². The van der Waals surface area contributed by atoms with E-state index in [0.29, 0.717) is 17.5 Å². The second-order valence-corrected chi connectivity index (χ2v) is 5.89. The van der Waals surface area contributed by atoms with Gasteiger partial charge in [-0.3, -0.25) is 9.78 Å². The first-order chi connectivity index (χ1) is 13.2. The van der Waals surface area contributed by atoms with Crippen molar-refractivity contribution in [3.8, 4) is 5.69 Å². The number of alkyl halides is 2. The summed E-state index contributed by atoms with van der Waals surface area (Å²) in [6.07, 6.45) is 1.98. The monoisotopic (exact) mass is 390 g/mol. The first-order valence-electron chi connectivity index (χ1n) is 8.02. The minimum absolute atomic E-state index is 0.255. The van der Waals surface area contributed by atoms with Crippen molar-refractivity contribution in [2.75, 3.05) is 5.32 Å². The van der Waals surface area contributed by atoms with Gasteiger partial charge in [0.2, 0.25) is 0 Å². The van der Waals surface area contributed by atoms with Crippen LogP contribution in [0.5, 0.6) is 0 Å². The van der Waals surface area contributed by atoms with Crippen LogP contribution in [-0.4, -0.2) is 20.7 Å². The normalized spacial score (nSPS) is 11.3. The lowest BCUT2D eigenvalue weighted by Crippen LogP contribution is -2.16. The number of anilines is 1. The molecule has 1 N–H and O–H groups in total. The van der Waals surface area contributed by atoms with Gasteiger partial charge in [0.1, 0.15) is 11.3 Å². The summed E-state index contributed by atoms with van der Waals surface area (Å²) in [6.45, 7) is 4.71.